The quantitative estimate of drug-likeness (QED) is 0.789. The minimum absolute atomic E-state index is 0.311. The van der Waals surface area contributed by atoms with Gasteiger partial charge in [-0.1, -0.05) is 56.0 Å². The van der Waals surface area contributed by atoms with Crippen LogP contribution in [0, 0.1) is 5.41 Å². The van der Waals surface area contributed by atoms with Crippen LogP contribution < -0.4 is 0 Å². The van der Waals surface area contributed by atoms with Crippen LogP contribution in [0.3, 0.4) is 0 Å². The van der Waals surface area contributed by atoms with Crippen LogP contribution >= 0.6 is 0 Å². The van der Waals surface area contributed by atoms with E-state index in [9.17, 15) is 4.79 Å². The van der Waals surface area contributed by atoms with Gasteiger partial charge in [-0.25, -0.2) is 9.79 Å². The average Bonchev–Trinajstić information content (AvgIpc) is 2.97. The van der Waals surface area contributed by atoms with E-state index in [4.69, 9.17) is 4.74 Å². The van der Waals surface area contributed by atoms with Crippen molar-refractivity contribution in [3.63, 3.8) is 0 Å². The van der Waals surface area contributed by atoms with Crippen LogP contribution in [-0.2, 0) is 9.53 Å². The lowest BCUT2D eigenvalue weighted by Crippen LogP contribution is -2.32. The maximum absolute atomic E-state index is 11.3. The predicted molar refractivity (Wildman–Crippen MR) is 89.4 cm³/mol. The first-order valence-corrected chi connectivity index (χ1v) is 7.37. The summed E-state index contributed by atoms with van der Waals surface area (Å²) in [4.78, 5) is 15.5. The van der Waals surface area contributed by atoms with Crippen molar-refractivity contribution in [1.82, 2.24) is 0 Å². The van der Waals surface area contributed by atoms with E-state index in [1.807, 2.05) is 6.08 Å². The number of nitrogens with zero attached hydrogens (tertiary/aromatic N) is 1. The second kappa shape index (κ2) is 5.41. The van der Waals surface area contributed by atoms with Gasteiger partial charge in [0.15, 0.2) is 0 Å². The molecule has 1 aliphatic carbocycles. The third-order valence-corrected chi connectivity index (χ3v) is 4.35. The number of ether oxygens (including phenoxy) is 1. The first-order valence-electron chi connectivity index (χ1n) is 7.37. The van der Waals surface area contributed by atoms with Crippen LogP contribution in [0.1, 0.15) is 31.4 Å². The molecule has 2 aliphatic rings. The Morgan fingerprint density at radius 3 is 2.68 bits per heavy atom. The average molecular weight is 293 g/mol. The van der Waals surface area contributed by atoms with E-state index in [0.29, 0.717) is 0 Å². The highest BCUT2D eigenvalue weighted by Gasteiger charge is 2.39. The first-order chi connectivity index (χ1) is 10.5. The fraction of sp³-hybridized carbons (Fsp3) is 0.263. The third kappa shape index (κ3) is 2.54. The Morgan fingerprint density at radius 1 is 1.36 bits per heavy atom. The summed E-state index contributed by atoms with van der Waals surface area (Å²) in [5.74, 6) is -0.359. The second-order valence-electron chi connectivity index (χ2n) is 6.07. The maximum Gasteiger partial charge on any atom is 0.351 e. The number of esters is 1. The molecule has 0 fully saturated rings. The van der Waals surface area contributed by atoms with Crippen molar-refractivity contribution in [2.75, 3.05) is 0 Å². The summed E-state index contributed by atoms with van der Waals surface area (Å²) in [6.45, 7) is 7.97. The molecule has 0 saturated carbocycles. The minimum Gasteiger partial charge on any atom is -0.435 e. The maximum atomic E-state index is 11.3. The Kier molecular flexibility index (Phi) is 3.57. The van der Waals surface area contributed by atoms with Gasteiger partial charge in [-0.3, -0.25) is 0 Å². The second-order valence-corrected chi connectivity index (χ2v) is 6.07. The van der Waals surface area contributed by atoms with E-state index in [1.165, 1.54) is 22.9 Å². The van der Waals surface area contributed by atoms with Crippen molar-refractivity contribution >= 4 is 23.8 Å². The molecule has 2 unspecified atom stereocenters. The first kappa shape index (κ1) is 14.5. The molecule has 0 bridgehead atoms. The summed E-state index contributed by atoms with van der Waals surface area (Å²) in [7, 11) is 0. The van der Waals surface area contributed by atoms with Crippen molar-refractivity contribution in [3.05, 3.63) is 59.7 Å². The molecule has 0 amide bonds. The van der Waals surface area contributed by atoms with Crippen molar-refractivity contribution in [2.24, 2.45) is 10.4 Å². The van der Waals surface area contributed by atoms with Crippen LogP contribution in [0.5, 0.6) is 0 Å². The van der Waals surface area contributed by atoms with Gasteiger partial charge >= 0.3 is 5.97 Å². The normalized spacial score (nSPS) is 27.2. The van der Waals surface area contributed by atoms with Gasteiger partial charge in [-0.2, -0.15) is 0 Å². The molecule has 3 nitrogen and oxygen atoms in total. The number of benzene rings is 1. The molecule has 3 heteroatoms. The smallest absolute Gasteiger partial charge is 0.351 e. The summed E-state index contributed by atoms with van der Waals surface area (Å²) >= 11 is 0. The van der Waals surface area contributed by atoms with Crippen LogP contribution in [0.2, 0.25) is 0 Å². The largest absolute Gasteiger partial charge is 0.435 e. The third-order valence-electron chi connectivity index (χ3n) is 4.35. The molecule has 22 heavy (non-hydrogen) atoms. The number of hydrogen-bond donors (Lipinski definition) is 0. The van der Waals surface area contributed by atoms with Gasteiger partial charge in [0, 0.05) is 5.41 Å². The number of aliphatic imine (C=N–C) groups is 1. The number of rotatable bonds is 3. The molecule has 0 spiro atoms. The molecule has 1 aromatic carbocycles. The molecule has 112 valence electrons. The summed E-state index contributed by atoms with van der Waals surface area (Å²) < 4.78 is 5.31. The van der Waals surface area contributed by atoms with Gasteiger partial charge in [-0.05, 0) is 35.6 Å². The fourth-order valence-corrected chi connectivity index (χ4v) is 2.92. The zero-order valence-corrected chi connectivity index (χ0v) is 12.9. The Balaban J connectivity index is 1.91. The van der Waals surface area contributed by atoms with E-state index in [-0.39, 0.29) is 11.4 Å². The lowest BCUT2D eigenvalue weighted by atomic mass is 9.75. The monoisotopic (exact) mass is 293 g/mol. The molecule has 0 N–H and O–H groups in total. The van der Waals surface area contributed by atoms with Gasteiger partial charge in [0.05, 0.1) is 0 Å². The van der Waals surface area contributed by atoms with E-state index in [1.54, 1.807) is 0 Å². The molecule has 1 heterocycles. The van der Waals surface area contributed by atoms with E-state index >= 15 is 0 Å². The Morgan fingerprint density at radius 2 is 2.09 bits per heavy atom. The van der Waals surface area contributed by atoms with Crippen molar-refractivity contribution in [2.45, 2.75) is 26.5 Å². The van der Waals surface area contributed by atoms with Gasteiger partial charge in [0.1, 0.15) is 6.21 Å². The number of cyclic esters (lactones) is 1. The van der Waals surface area contributed by atoms with Crippen LogP contribution in [-0.4, -0.2) is 18.4 Å². The molecular weight excluding hydrogens is 274 g/mol. The highest BCUT2D eigenvalue weighted by molar-refractivity contribution is 6.24. The predicted octanol–water partition coefficient (Wildman–Crippen LogP) is 4.02. The summed E-state index contributed by atoms with van der Waals surface area (Å²) in [6.07, 6.45) is 7.66. The summed E-state index contributed by atoms with van der Waals surface area (Å²) in [5, 5.41) is 0. The molecular formula is C19H19NO2. The topological polar surface area (TPSA) is 38.7 Å². The fourth-order valence-electron chi connectivity index (χ4n) is 2.92. The van der Waals surface area contributed by atoms with Gasteiger partial charge in [0.25, 0.3) is 0 Å². The van der Waals surface area contributed by atoms with Gasteiger partial charge in [-0.15, -0.1) is 0 Å². The molecule has 0 aromatic heterocycles. The zero-order chi connectivity index (χ0) is 15.7. The Hall–Kier alpha value is -2.42. The van der Waals surface area contributed by atoms with E-state index < -0.39 is 6.23 Å². The SMILES string of the molecule is C=Cc1ccc(C2=C(C)C=CC(C)(C3N=CC(=O)O3)C2)cc1. The van der Waals surface area contributed by atoms with Crippen LogP contribution in [0.4, 0.5) is 0 Å². The van der Waals surface area contributed by atoms with E-state index in [2.05, 4.69) is 61.8 Å². The molecule has 2 atom stereocenters. The number of carbonyl (C=O) groups excluding carboxylic acids is 1. The number of carbonyl (C=O) groups is 1. The van der Waals surface area contributed by atoms with E-state index in [0.717, 1.165) is 12.0 Å². The number of allylic oxidation sites excluding steroid dienone is 3. The lowest BCUT2D eigenvalue weighted by molar-refractivity contribution is -0.141. The van der Waals surface area contributed by atoms with Crippen molar-refractivity contribution in [3.8, 4) is 0 Å². The molecule has 0 radical (unpaired) electrons. The number of hydrogen-bond acceptors (Lipinski definition) is 3. The van der Waals surface area contributed by atoms with Gasteiger partial charge in [0.2, 0.25) is 6.23 Å². The molecule has 0 saturated heterocycles. The summed E-state index contributed by atoms with van der Waals surface area (Å²) in [5.41, 5.74) is 4.47. The van der Waals surface area contributed by atoms with Crippen molar-refractivity contribution < 1.29 is 9.53 Å². The summed E-state index contributed by atoms with van der Waals surface area (Å²) in [6, 6.07) is 8.34. The van der Waals surface area contributed by atoms with Crippen LogP contribution in [0.15, 0.2) is 53.6 Å². The molecule has 3 rings (SSSR count). The Labute approximate surface area is 130 Å². The standard InChI is InChI=1S/C19H19NO2/c1-4-14-5-7-15(8-6-14)16-11-19(3,10-9-13(16)2)18-20-12-17(21)22-18/h4-10,12,18H,1,11H2,2-3H3. The highest BCUT2D eigenvalue weighted by Crippen LogP contribution is 2.43. The highest BCUT2D eigenvalue weighted by atomic mass is 16.6. The lowest BCUT2D eigenvalue weighted by Gasteiger charge is -2.34. The van der Waals surface area contributed by atoms with Crippen LogP contribution in [0.25, 0.3) is 11.6 Å². The molecule has 1 aliphatic heterocycles. The molecule has 1 aromatic rings. The van der Waals surface area contributed by atoms with Gasteiger partial charge < -0.3 is 4.74 Å². The zero-order valence-electron chi connectivity index (χ0n) is 12.9. The minimum atomic E-state index is -0.438. The van der Waals surface area contributed by atoms with Crippen molar-refractivity contribution in [1.29, 1.82) is 0 Å². The Bertz CT molecular complexity index is 709.